The first-order valence-electron chi connectivity index (χ1n) is 5.85. The number of ether oxygens (including phenoxy) is 1. The predicted octanol–water partition coefficient (Wildman–Crippen LogP) is -0.452. The Morgan fingerprint density at radius 3 is 2.80 bits per heavy atom. The van der Waals surface area contributed by atoms with Gasteiger partial charge >= 0.3 is 5.97 Å². The van der Waals surface area contributed by atoms with Crippen LogP contribution in [0.5, 0.6) is 0 Å². The first-order chi connectivity index (χ1) is 9.63. The second kappa shape index (κ2) is 4.37. The fourth-order valence-electron chi connectivity index (χ4n) is 1.81. The zero-order chi connectivity index (χ0) is 14.3. The maximum Gasteiger partial charge on any atom is 0.360 e. The van der Waals surface area contributed by atoms with Gasteiger partial charge in [0.15, 0.2) is 22.5 Å². The maximum absolute atomic E-state index is 11.9. The van der Waals surface area contributed by atoms with E-state index in [1.54, 1.807) is 14.0 Å². The number of hydrogen-bond acceptors (Lipinski definition) is 7. The van der Waals surface area contributed by atoms with Gasteiger partial charge in [0.1, 0.15) is 6.33 Å². The Balaban J connectivity index is 2.32. The summed E-state index contributed by atoms with van der Waals surface area (Å²) >= 11 is 0. The molecule has 0 atom stereocenters. The van der Waals surface area contributed by atoms with Crippen LogP contribution in [0.15, 0.2) is 17.4 Å². The first-order valence-corrected chi connectivity index (χ1v) is 5.85. The minimum Gasteiger partial charge on any atom is -0.461 e. The third-order valence-electron chi connectivity index (χ3n) is 2.77. The molecule has 0 spiro atoms. The van der Waals surface area contributed by atoms with Crippen molar-refractivity contribution in [1.29, 1.82) is 0 Å². The van der Waals surface area contributed by atoms with Crippen LogP contribution in [0.4, 0.5) is 0 Å². The number of hydrogen-bond donors (Lipinski definition) is 0. The molecule has 0 bridgehead atoms. The molecular formula is C11H10N6O3. The normalized spacial score (nSPS) is 11.1. The summed E-state index contributed by atoms with van der Waals surface area (Å²) in [5, 5.41) is 7.70. The van der Waals surface area contributed by atoms with Crippen molar-refractivity contribution in [1.82, 2.24) is 29.1 Å². The van der Waals surface area contributed by atoms with Gasteiger partial charge in [0.2, 0.25) is 0 Å². The fraction of sp³-hybridized carbons (Fsp3) is 0.273. The highest BCUT2D eigenvalue weighted by molar-refractivity contribution is 5.94. The van der Waals surface area contributed by atoms with E-state index in [-0.39, 0.29) is 29.0 Å². The average Bonchev–Trinajstić information content (AvgIpc) is 2.87. The van der Waals surface area contributed by atoms with E-state index in [1.807, 2.05) is 0 Å². The summed E-state index contributed by atoms with van der Waals surface area (Å²) in [6, 6.07) is 0. The molecule has 102 valence electrons. The largest absolute Gasteiger partial charge is 0.461 e. The number of imidazole rings is 1. The molecule has 0 saturated carbocycles. The molecule has 0 unspecified atom stereocenters. The topological polar surface area (TPSA) is 104 Å². The molecule has 3 heterocycles. The van der Waals surface area contributed by atoms with Crippen molar-refractivity contribution in [2.24, 2.45) is 7.05 Å². The van der Waals surface area contributed by atoms with Crippen LogP contribution in [0.1, 0.15) is 17.4 Å². The van der Waals surface area contributed by atoms with Gasteiger partial charge in [-0.2, -0.15) is 0 Å². The molecule has 0 fully saturated rings. The van der Waals surface area contributed by atoms with Gasteiger partial charge in [-0.15, -0.1) is 10.2 Å². The molecule has 0 radical (unpaired) electrons. The maximum atomic E-state index is 11.9. The number of carbonyl (C=O) groups excluding carboxylic acids is 1. The van der Waals surface area contributed by atoms with Crippen LogP contribution in [-0.4, -0.2) is 41.7 Å². The van der Waals surface area contributed by atoms with Gasteiger partial charge in [0.05, 0.1) is 12.9 Å². The second-order valence-electron chi connectivity index (χ2n) is 4.04. The quantitative estimate of drug-likeness (QED) is 0.583. The van der Waals surface area contributed by atoms with E-state index < -0.39 is 5.97 Å². The van der Waals surface area contributed by atoms with Gasteiger partial charge in [-0.25, -0.2) is 14.8 Å². The Bertz CT molecular complexity index is 881. The Hall–Kier alpha value is -2.84. The molecule has 0 aromatic carbocycles. The average molecular weight is 274 g/mol. The summed E-state index contributed by atoms with van der Waals surface area (Å²) in [5.74, 6) is -0.590. The molecule has 0 aliphatic heterocycles. The highest BCUT2D eigenvalue weighted by atomic mass is 16.5. The van der Waals surface area contributed by atoms with Crippen molar-refractivity contribution in [3.05, 3.63) is 28.7 Å². The summed E-state index contributed by atoms with van der Waals surface area (Å²) in [4.78, 5) is 31.7. The standard InChI is InChI=1S/C11H10N6O3/c1-3-20-11(19)7-9-15-14-6-8(17(9)5-12-7)13-4-16(2)10(6)18/h4-5H,3H2,1-2H3. The number of nitrogens with zero attached hydrogens (tertiary/aromatic N) is 6. The zero-order valence-corrected chi connectivity index (χ0v) is 10.8. The Morgan fingerprint density at radius 2 is 2.05 bits per heavy atom. The van der Waals surface area contributed by atoms with Crippen molar-refractivity contribution >= 4 is 22.8 Å². The van der Waals surface area contributed by atoms with Crippen LogP contribution in [-0.2, 0) is 11.8 Å². The van der Waals surface area contributed by atoms with E-state index >= 15 is 0 Å². The molecule has 0 saturated heterocycles. The van der Waals surface area contributed by atoms with Gasteiger partial charge in [-0.1, -0.05) is 0 Å². The molecule has 0 amide bonds. The van der Waals surface area contributed by atoms with E-state index in [9.17, 15) is 9.59 Å². The van der Waals surface area contributed by atoms with Crippen LogP contribution < -0.4 is 5.56 Å². The van der Waals surface area contributed by atoms with Crippen molar-refractivity contribution < 1.29 is 9.53 Å². The number of fused-ring (bicyclic) bond motifs is 3. The molecule has 3 rings (SSSR count). The van der Waals surface area contributed by atoms with Crippen LogP contribution in [0.25, 0.3) is 16.8 Å². The van der Waals surface area contributed by atoms with E-state index in [0.717, 1.165) is 0 Å². The minimum absolute atomic E-state index is 0.0451. The zero-order valence-electron chi connectivity index (χ0n) is 10.8. The van der Waals surface area contributed by atoms with Crippen molar-refractivity contribution in [3.8, 4) is 0 Å². The smallest absolute Gasteiger partial charge is 0.360 e. The lowest BCUT2D eigenvalue weighted by atomic mass is 10.4. The summed E-state index contributed by atoms with van der Waals surface area (Å²) in [7, 11) is 1.57. The SMILES string of the molecule is CCOC(=O)c1ncn2c1nnc1c(=O)n(C)cnc12. The summed E-state index contributed by atoms with van der Waals surface area (Å²) < 4.78 is 7.62. The van der Waals surface area contributed by atoms with E-state index in [0.29, 0.717) is 5.65 Å². The van der Waals surface area contributed by atoms with Gasteiger partial charge in [0.25, 0.3) is 5.56 Å². The van der Waals surface area contributed by atoms with Crippen LogP contribution in [0.2, 0.25) is 0 Å². The second-order valence-corrected chi connectivity index (χ2v) is 4.04. The molecule has 9 heteroatoms. The molecule has 3 aromatic rings. The molecule has 0 aliphatic rings. The van der Waals surface area contributed by atoms with Crippen LogP contribution in [0, 0.1) is 0 Å². The molecule has 9 nitrogen and oxygen atoms in total. The molecular weight excluding hydrogens is 264 g/mol. The van der Waals surface area contributed by atoms with Gasteiger partial charge in [0, 0.05) is 7.05 Å². The van der Waals surface area contributed by atoms with Gasteiger partial charge in [-0.05, 0) is 6.92 Å². The third kappa shape index (κ3) is 1.63. The third-order valence-corrected chi connectivity index (χ3v) is 2.77. The van der Waals surface area contributed by atoms with E-state index in [1.165, 1.54) is 21.6 Å². The molecule has 0 N–H and O–H groups in total. The highest BCUT2D eigenvalue weighted by Gasteiger charge is 2.19. The lowest BCUT2D eigenvalue weighted by molar-refractivity contribution is 0.0522. The number of carbonyl (C=O) groups is 1. The van der Waals surface area contributed by atoms with Gasteiger partial charge < -0.3 is 9.30 Å². The van der Waals surface area contributed by atoms with Crippen LogP contribution in [0.3, 0.4) is 0 Å². The summed E-state index contributed by atoms with van der Waals surface area (Å²) in [5.41, 5.74) is 0.327. The number of aryl methyl sites for hydroxylation is 1. The van der Waals surface area contributed by atoms with Gasteiger partial charge in [-0.3, -0.25) is 9.20 Å². The fourth-order valence-corrected chi connectivity index (χ4v) is 1.81. The van der Waals surface area contributed by atoms with Crippen molar-refractivity contribution in [2.45, 2.75) is 6.92 Å². The number of esters is 1. The lowest BCUT2D eigenvalue weighted by Gasteiger charge is -2.01. The number of aromatic nitrogens is 6. The lowest BCUT2D eigenvalue weighted by Crippen LogP contribution is -2.20. The van der Waals surface area contributed by atoms with Crippen molar-refractivity contribution in [3.63, 3.8) is 0 Å². The highest BCUT2D eigenvalue weighted by Crippen LogP contribution is 2.11. The number of rotatable bonds is 2. The van der Waals surface area contributed by atoms with E-state index in [2.05, 4.69) is 20.2 Å². The molecule has 20 heavy (non-hydrogen) atoms. The monoisotopic (exact) mass is 274 g/mol. The first kappa shape index (κ1) is 12.2. The molecule has 3 aromatic heterocycles. The Morgan fingerprint density at radius 1 is 1.25 bits per heavy atom. The molecule has 0 aliphatic carbocycles. The summed E-state index contributed by atoms with van der Waals surface area (Å²) in [6.07, 6.45) is 2.74. The Labute approximate surface area is 111 Å². The van der Waals surface area contributed by atoms with Crippen molar-refractivity contribution in [2.75, 3.05) is 6.61 Å². The van der Waals surface area contributed by atoms with E-state index in [4.69, 9.17) is 4.74 Å². The summed E-state index contributed by atoms with van der Waals surface area (Å²) in [6.45, 7) is 1.93. The Kier molecular flexibility index (Phi) is 2.67. The minimum atomic E-state index is -0.590. The predicted molar refractivity (Wildman–Crippen MR) is 67.3 cm³/mol. The van der Waals surface area contributed by atoms with Crippen LogP contribution >= 0.6 is 0 Å².